The lowest BCUT2D eigenvalue weighted by Gasteiger charge is -2.05. The Balaban J connectivity index is 1.56. The van der Waals surface area contributed by atoms with Crippen molar-refractivity contribution in [2.24, 2.45) is 14.1 Å². The summed E-state index contributed by atoms with van der Waals surface area (Å²) in [5.74, 6) is 0. The molecular formula is C17H17N8O3+. The van der Waals surface area contributed by atoms with Crippen molar-refractivity contribution in [2.75, 3.05) is 5.43 Å². The van der Waals surface area contributed by atoms with Crippen molar-refractivity contribution in [1.82, 2.24) is 28.2 Å². The lowest BCUT2D eigenvalue weighted by Crippen LogP contribution is -2.37. The summed E-state index contributed by atoms with van der Waals surface area (Å²) in [6.07, 6.45) is 6.54. The van der Waals surface area contributed by atoms with E-state index in [0.29, 0.717) is 10.6 Å². The summed E-state index contributed by atoms with van der Waals surface area (Å²) in [4.78, 5) is 45.4. The summed E-state index contributed by atoms with van der Waals surface area (Å²) < 4.78 is 5.50. The van der Waals surface area contributed by atoms with Crippen molar-refractivity contribution in [1.29, 1.82) is 0 Å². The molecule has 142 valence electrons. The van der Waals surface area contributed by atoms with Crippen LogP contribution >= 0.6 is 0 Å². The van der Waals surface area contributed by atoms with Gasteiger partial charge in [0.25, 0.3) is 5.56 Å². The molecule has 0 amide bonds. The molecule has 0 saturated carbocycles. The first-order valence-corrected chi connectivity index (χ1v) is 8.36. The SMILES string of the molecule is Cn1c(=O)c2c(ncn2C[N+](=O)Nc2ccc(-n3ccnc3)cc2)n(C)c1=O. The van der Waals surface area contributed by atoms with Crippen LogP contribution in [0.4, 0.5) is 5.69 Å². The number of hydrogen-bond acceptors (Lipinski definition) is 5. The van der Waals surface area contributed by atoms with Crippen molar-refractivity contribution in [3.8, 4) is 5.69 Å². The summed E-state index contributed by atoms with van der Waals surface area (Å²) in [6, 6.07) is 7.20. The molecule has 0 bridgehead atoms. The highest BCUT2D eigenvalue weighted by Gasteiger charge is 2.19. The first kappa shape index (κ1) is 17.4. The fourth-order valence-corrected chi connectivity index (χ4v) is 2.94. The third kappa shape index (κ3) is 2.88. The third-order valence-corrected chi connectivity index (χ3v) is 4.42. The largest absolute Gasteiger partial charge is 0.332 e. The standard InChI is InChI=1S/C17H17N8O3/c1-21-15-14(16(26)22(2)17(21)27)24(10-19-15)11-25(28)20-12-3-5-13(6-4-12)23-8-7-18-9-23/h3-10H,11H2,1-2H3,(H,20,28)/q+1. The Kier molecular flexibility index (Phi) is 4.11. The number of nitrogens with zero attached hydrogens (tertiary/aromatic N) is 7. The van der Waals surface area contributed by atoms with Crippen LogP contribution in [0.15, 0.2) is 58.9 Å². The molecule has 0 spiro atoms. The minimum Gasteiger partial charge on any atom is -0.306 e. The minimum atomic E-state index is -0.506. The molecule has 11 heteroatoms. The van der Waals surface area contributed by atoms with Gasteiger partial charge in [-0.05, 0) is 24.3 Å². The van der Waals surface area contributed by atoms with Crippen molar-refractivity contribution in [3.05, 3.63) is 75.1 Å². The van der Waals surface area contributed by atoms with Crippen LogP contribution in [0, 0.1) is 4.91 Å². The zero-order valence-corrected chi connectivity index (χ0v) is 15.2. The lowest BCUT2D eigenvalue weighted by atomic mass is 10.3. The molecule has 4 rings (SSSR count). The molecule has 1 N–H and O–H groups in total. The smallest absolute Gasteiger partial charge is 0.306 e. The molecule has 0 fully saturated rings. The number of anilines is 1. The Morgan fingerprint density at radius 3 is 2.50 bits per heavy atom. The Labute approximate surface area is 157 Å². The average Bonchev–Trinajstić information content (AvgIpc) is 3.35. The van der Waals surface area contributed by atoms with E-state index in [4.69, 9.17) is 0 Å². The molecule has 0 atom stereocenters. The molecule has 0 aliphatic rings. The van der Waals surface area contributed by atoms with E-state index in [1.54, 1.807) is 24.7 Å². The lowest BCUT2D eigenvalue weighted by molar-refractivity contribution is -0.549. The van der Waals surface area contributed by atoms with E-state index in [1.807, 2.05) is 22.9 Å². The maximum Gasteiger partial charge on any atom is 0.332 e. The summed E-state index contributed by atoms with van der Waals surface area (Å²) in [7, 11) is 2.91. The van der Waals surface area contributed by atoms with Gasteiger partial charge in [-0.1, -0.05) is 0 Å². The fraction of sp³-hybridized carbons (Fsp3) is 0.176. The van der Waals surface area contributed by atoms with Crippen molar-refractivity contribution < 1.29 is 4.87 Å². The molecule has 3 heterocycles. The zero-order valence-electron chi connectivity index (χ0n) is 15.2. The van der Waals surface area contributed by atoms with Gasteiger partial charge in [-0.3, -0.25) is 18.5 Å². The fourth-order valence-electron chi connectivity index (χ4n) is 2.94. The number of rotatable bonds is 5. The molecule has 0 unspecified atom stereocenters. The minimum absolute atomic E-state index is 0.183. The van der Waals surface area contributed by atoms with E-state index in [2.05, 4.69) is 15.4 Å². The Hall–Kier alpha value is -4.02. The van der Waals surface area contributed by atoms with Crippen LogP contribution in [-0.2, 0) is 20.8 Å². The summed E-state index contributed by atoms with van der Waals surface area (Å²) in [5, 5.41) is 0. The highest BCUT2D eigenvalue weighted by molar-refractivity contribution is 5.69. The van der Waals surface area contributed by atoms with E-state index in [-0.39, 0.29) is 17.8 Å². The molecule has 28 heavy (non-hydrogen) atoms. The Bertz CT molecular complexity index is 1280. The number of benzene rings is 1. The van der Waals surface area contributed by atoms with Crippen LogP contribution in [0.5, 0.6) is 0 Å². The van der Waals surface area contributed by atoms with Crippen molar-refractivity contribution >= 4 is 16.9 Å². The van der Waals surface area contributed by atoms with E-state index in [9.17, 15) is 14.5 Å². The maximum atomic E-state index is 12.4. The summed E-state index contributed by atoms with van der Waals surface area (Å²) in [6.45, 7) is -0.187. The quantitative estimate of drug-likeness (QED) is 0.395. The monoisotopic (exact) mass is 381 g/mol. The number of hydrazine groups is 1. The molecular weight excluding hydrogens is 364 g/mol. The topological polar surface area (TPSA) is 112 Å². The van der Waals surface area contributed by atoms with E-state index in [0.717, 1.165) is 10.3 Å². The van der Waals surface area contributed by atoms with Gasteiger partial charge in [0, 0.05) is 32.2 Å². The second kappa shape index (κ2) is 6.61. The number of nitrogens with one attached hydrogen (secondary N) is 1. The van der Waals surface area contributed by atoms with E-state index >= 15 is 0 Å². The predicted molar refractivity (Wildman–Crippen MR) is 101 cm³/mol. The molecule has 0 aliphatic carbocycles. The van der Waals surface area contributed by atoms with Gasteiger partial charge < -0.3 is 4.57 Å². The van der Waals surface area contributed by atoms with Crippen LogP contribution in [0.2, 0.25) is 0 Å². The van der Waals surface area contributed by atoms with Gasteiger partial charge in [0.15, 0.2) is 11.2 Å². The molecule has 3 aromatic heterocycles. The number of imidazole rings is 2. The van der Waals surface area contributed by atoms with Crippen LogP contribution < -0.4 is 16.7 Å². The maximum absolute atomic E-state index is 12.4. The van der Waals surface area contributed by atoms with Gasteiger partial charge in [0.1, 0.15) is 16.9 Å². The number of hydrogen-bond donors (Lipinski definition) is 1. The number of nitroso groups, excluding NO2 is 1. The van der Waals surface area contributed by atoms with Crippen LogP contribution in [0.25, 0.3) is 16.9 Å². The van der Waals surface area contributed by atoms with Crippen LogP contribution in [0.3, 0.4) is 0 Å². The van der Waals surface area contributed by atoms with Gasteiger partial charge in [-0.15, -0.1) is 5.43 Å². The second-order valence-corrected chi connectivity index (χ2v) is 6.24. The van der Waals surface area contributed by atoms with Crippen molar-refractivity contribution in [3.63, 3.8) is 0 Å². The highest BCUT2D eigenvalue weighted by Crippen LogP contribution is 2.13. The van der Waals surface area contributed by atoms with Crippen LogP contribution in [-0.4, -0.2) is 33.1 Å². The van der Waals surface area contributed by atoms with Gasteiger partial charge in [-0.25, -0.2) is 14.8 Å². The number of fused-ring (bicyclic) bond motifs is 1. The van der Waals surface area contributed by atoms with Gasteiger partial charge >= 0.3 is 12.4 Å². The first-order chi connectivity index (χ1) is 13.5. The Morgan fingerprint density at radius 2 is 1.82 bits per heavy atom. The molecule has 11 nitrogen and oxygen atoms in total. The molecule has 0 radical (unpaired) electrons. The van der Waals surface area contributed by atoms with Gasteiger partial charge in [0.2, 0.25) is 0 Å². The Morgan fingerprint density at radius 1 is 1.07 bits per heavy atom. The summed E-state index contributed by atoms with van der Waals surface area (Å²) >= 11 is 0. The zero-order chi connectivity index (χ0) is 19.8. The third-order valence-electron chi connectivity index (χ3n) is 4.42. The number of aryl methyl sites for hydroxylation is 1. The molecule has 4 aromatic rings. The van der Waals surface area contributed by atoms with Crippen molar-refractivity contribution in [2.45, 2.75) is 6.67 Å². The number of aromatic nitrogens is 6. The average molecular weight is 381 g/mol. The molecule has 0 saturated heterocycles. The predicted octanol–water partition coefficient (Wildman–Crippen LogP) is 0.383. The van der Waals surface area contributed by atoms with E-state index < -0.39 is 11.2 Å². The second-order valence-electron chi connectivity index (χ2n) is 6.24. The summed E-state index contributed by atoms with van der Waals surface area (Å²) in [5.41, 5.74) is 3.63. The normalized spacial score (nSPS) is 11.1. The molecule has 1 aromatic carbocycles. The first-order valence-electron chi connectivity index (χ1n) is 8.36. The van der Waals surface area contributed by atoms with Gasteiger partial charge in [0.05, 0.1) is 11.2 Å². The highest BCUT2D eigenvalue weighted by atomic mass is 16.3. The van der Waals surface area contributed by atoms with Crippen LogP contribution in [0.1, 0.15) is 0 Å². The van der Waals surface area contributed by atoms with E-state index in [1.165, 1.54) is 29.6 Å². The van der Waals surface area contributed by atoms with Gasteiger partial charge in [-0.2, -0.15) is 0 Å². The molecule has 0 aliphatic heterocycles.